The van der Waals surface area contributed by atoms with Crippen molar-refractivity contribution in [3.63, 3.8) is 0 Å². The molecule has 2 aromatic carbocycles. The van der Waals surface area contributed by atoms with Gasteiger partial charge in [0.25, 0.3) is 0 Å². The van der Waals surface area contributed by atoms with Crippen LogP contribution in [-0.2, 0) is 9.84 Å². The van der Waals surface area contributed by atoms with Gasteiger partial charge in [-0.05, 0) is 30.3 Å². The zero-order chi connectivity index (χ0) is 18.2. The van der Waals surface area contributed by atoms with Crippen molar-refractivity contribution in [2.45, 2.75) is 4.90 Å². The Morgan fingerprint density at radius 1 is 1.08 bits per heavy atom. The molecule has 0 aromatic heterocycles. The summed E-state index contributed by atoms with van der Waals surface area (Å²) in [6.07, 6.45) is 1.19. The number of allylic oxidation sites excluding steroid dienone is 1. The lowest BCUT2D eigenvalue weighted by Gasteiger charge is -2.28. The van der Waals surface area contributed by atoms with E-state index in [0.717, 1.165) is 12.1 Å². The number of methoxy groups -OCH3 is 2. The zero-order valence-corrected chi connectivity index (χ0v) is 14.2. The van der Waals surface area contributed by atoms with Crippen LogP contribution in [0.3, 0.4) is 0 Å². The van der Waals surface area contributed by atoms with Crippen LogP contribution in [0.2, 0.25) is 0 Å². The minimum absolute atomic E-state index is 0.215. The van der Waals surface area contributed by atoms with Gasteiger partial charge < -0.3 is 14.4 Å². The molecule has 0 saturated heterocycles. The number of halogens is 1. The standard InChI is InChI=1S/C17H13FN2O4S/c1-23-12-4-6-16(24-2)15(8-12)20-10-13(9-19)25(21,22)17-7-11(18)3-5-14(17)20/h3-8,10H,1-2H3. The quantitative estimate of drug-likeness (QED) is 0.837. The molecule has 0 aliphatic carbocycles. The Hall–Kier alpha value is -3.05. The zero-order valence-electron chi connectivity index (χ0n) is 13.4. The summed E-state index contributed by atoms with van der Waals surface area (Å²) in [6, 6.07) is 10.0. The predicted octanol–water partition coefficient (Wildman–Crippen LogP) is 3.13. The number of hydrogen-bond acceptors (Lipinski definition) is 6. The summed E-state index contributed by atoms with van der Waals surface area (Å²) in [7, 11) is -1.13. The van der Waals surface area contributed by atoms with E-state index in [1.165, 1.54) is 31.4 Å². The third-order valence-corrected chi connectivity index (χ3v) is 5.44. The number of nitriles is 1. The average Bonchev–Trinajstić information content (AvgIpc) is 2.61. The third kappa shape index (κ3) is 2.68. The van der Waals surface area contributed by atoms with Crippen LogP contribution in [0, 0.1) is 17.1 Å². The first-order chi connectivity index (χ1) is 11.9. The van der Waals surface area contributed by atoms with Crippen LogP contribution in [0.4, 0.5) is 15.8 Å². The van der Waals surface area contributed by atoms with Gasteiger partial charge in [-0.1, -0.05) is 0 Å². The van der Waals surface area contributed by atoms with E-state index in [0.29, 0.717) is 17.2 Å². The molecule has 1 heterocycles. The van der Waals surface area contributed by atoms with E-state index >= 15 is 0 Å². The van der Waals surface area contributed by atoms with Crippen molar-refractivity contribution in [3.05, 3.63) is 53.3 Å². The monoisotopic (exact) mass is 360 g/mol. The van der Waals surface area contributed by atoms with Crippen molar-refractivity contribution >= 4 is 21.2 Å². The largest absolute Gasteiger partial charge is 0.497 e. The van der Waals surface area contributed by atoms with E-state index in [2.05, 4.69) is 0 Å². The van der Waals surface area contributed by atoms with Crippen molar-refractivity contribution in [1.82, 2.24) is 0 Å². The summed E-state index contributed by atoms with van der Waals surface area (Å²) in [5.74, 6) is 0.239. The predicted molar refractivity (Wildman–Crippen MR) is 89.0 cm³/mol. The first kappa shape index (κ1) is 16.8. The molecule has 0 atom stereocenters. The highest BCUT2D eigenvalue weighted by Crippen LogP contribution is 2.43. The number of fused-ring (bicyclic) bond motifs is 1. The lowest BCUT2D eigenvalue weighted by atomic mass is 10.2. The van der Waals surface area contributed by atoms with Crippen molar-refractivity contribution < 1.29 is 22.3 Å². The van der Waals surface area contributed by atoms with Gasteiger partial charge in [0.2, 0.25) is 9.84 Å². The molecule has 128 valence electrons. The van der Waals surface area contributed by atoms with Crippen molar-refractivity contribution in [3.8, 4) is 17.6 Å². The van der Waals surface area contributed by atoms with Gasteiger partial charge in [-0.3, -0.25) is 0 Å². The topological polar surface area (TPSA) is 79.6 Å². The molecule has 0 amide bonds. The molecule has 0 N–H and O–H groups in total. The van der Waals surface area contributed by atoms with Crippen molar-refractivity contribution in [2.24, 2.45) is 0 Å². The van der Waals surface area contributed by atoms with Gasteiger partial charge in [0.1, 0.15) is 23.4 Å². The van der Waals surface area contributed by atoms with Crippen LogP contribution < -0.4 is 14.4 Å². The minimum atomic E-state index is -4.09. The number of hydrogen-bond donors (Lipinski definition) is 0. The maximum absolute atomic E-state index is 13.6. The summed E-state index contributed by atoms with van der Waals surface area (Å²) >= 11 is 0. The van der Waals surface area contributed by atoms with E-state index in [9.17, 15) is 18.1 Å². The maximum atomic E-state index is 13.6. The van der Waals surface area contributed by atoms with Crippen LogP contribution in [-0.4, -0.2) is 22.6 Å². The molecule has 0 unspecified atom stereocenters. The number of ether oxygens (including phenoxy) is 2. The SMILES string of the molecule is COc1ccc(OC)c(N2C=C(C#N)S(=O)(=O)c3cc(F)ccc32)c1. The van der Waals surface area contributed by atoms with Gasteiger partial charge in [-0.25, -0.2) is 12.8 Å². The summed E-state index contributed by atoms with van der Waals surface area (Å²) < 4.78 is 49.2. The van der Waals surface area contributed by atoms with Gasteiger partial charge in [-0.2, -0.15) is 5.26 Å². The number of nitrogens with zero attached hydrogens (tertiary/aromatic N) is 2. The van der Waals surface area contributed by atoms with E-state index in [-0.39, 0.29) is 10.6 Å². The molecular weight excluding hydrogens is 347 g/mol. The molecule has 0 spiro atoms. The fourth-order valence-electron chi connectivity index (χ4n) is 2.55. The maximum Gasteiger partial charge on any atom is 0.220 e. The number of sulfone groups is 1. The Kier molecular flexibility index (Phi) is 4.10. The molecule has 0 radical (unpaired) electrons. The highest BCUT2D eigenvalue weighted by atomic mass is 32.2. The summed E-state index contributed by atoms with van der Waals surface area (Å²) in [5.41, 5.74) is 0.671. The fourth-order valence-corrected chi connectivity index (χ4v) is 3.86. The molecular formula is C17H13FN2O4S. The van der Waals surface area contributed by atoms with Crippen LogP contribution in [0.25, 0.3) is 0 Å². The molecule has 8 heteroatoms. The van der Waals surface area contributed by atoms with Crippen LogP contribution in [0.1, 0.15) is 0 Å². The van der Waals surface area contributed by atoms with E-state index in [1.807, 2.05) is 0 Å². The normalized spacial score (nSPS) is 15.0. The number of anilines is 2. The number of benzene rings is 2. The van der Waals surface area contributed by atoms with Gasteiger partial charge in [0, 0.05) is 12.3 Å². The highest BCUT2D eigenvalue weighted by Gasteiger charge is 2.33. The van der Waals surface area contributed by atoms with Crippen LogP contribution in [0.5, 0.6) is 11.5 Å². The molecule has 25 heavy (non-hydrogen) atoms. The molecule has 6 nitrogen and oxygen atoms in total. The first-order valence-electron chi connectivity index (χ1n) is 7.10. The lowest BCUT2D eigenvalue weighted by Crippen LogP contribution is -2.22. The Labute approximate surface area is 144 Å². The summed E-state index contributed by atoms with van der Waals surface area (Å²) in [5, 5.41) is 9.24. The Balaban J connectivity index is 2.33. The van der Waals surface area contributed by atoms with E-state index < -0.39 is 20.6 Å². The van der Waals surface area contributed by atoms with E-state index in [4.69, 9.17) is 9.47 Å². The molecule has 1 aliphatic rings. The second-order valence-electron chi connectivity index (χ2n) is 5.13. The minimum Gasteiger partial charge on any atom is -0.497 e. The van der Waals surface area contributed by atoms with Gasteiger partial charge in [-0.15, -0.1) is 0 Å². The highest BCUT2D eigenvalue weighted by molar-refractivity contribution is 7.95. The number of rotatable bonds is 3. The van der Waals surface area contributed by atoms with Crippen molar-refractivity contribution in [2.75, 3.05) is 19.1 Å². The Morgan fingerprint density at radius 3 is 2.48 bits per heavy atom. The van der Waals surface area contributed by atoms with Gasteiger partial charge >= 0.3 is 0 Å². The van der Waals surface area contributed by atoms with E-state index in [1.54, 1.807) is 24.3 Å². The van der Waals surface area contributed by atoms with Crippen LogP contribution >= 0.6 is 0 Å². The van der Waals surface area contributed by atoms with Crippen molar-refractivity contribution in [1.29, 1.82) is 5.26 Å². The lowest BCUT2D eigenvalue weighted by molar-refractivity contribution is 0.404. The molecule has 0 bridgehead atoms. The first-order valence-corrected chi connectivity index (χ1v) is 8.58. The second kappa shape index (κ2) is 6.11. The molecule has 0 saturated carbocycles. The van der Waals surface area contributed by atoms with Crippen LogP contribution in [0.15, 0.2) is 52.4 Å². The summed E-state index contributed by atoms with van der Waals surface area (Å²) in [4.78, 5) is 0.697. The fraction of sp³-hybridized carbons (Fsp3) is 0.118. The van der Waals surface area contributed by atoms with Gasteiger partial charge in [0.05, 0.1) is 30.5 Å². The molecule has 1 aliphatic heterocycles. The molecule has 3 rings (SSSR count). The third-order valence-electron chi connectivity index (χ3n) is 3.76. The van der Waals surface area contributed by atoms with Gasteiger partial charge in [0.15, 0.2) is 4.91 Å². The smallest absolute Gasteiger partial charge is 0.220 e. The second-order valence-corrected chi connectivity index (χ2v) is 7.01. The average molecular weight is 360 g/mol. The Morgan fingerprint density at radius 2 is 1.84 bits per heavy atom. The Bertz CT molecular complexity index is 1030. The molecule has 0 fully saturated rings. The summed E-state index contributed by atoms with van der Waals surface area (Å²) in [6.45, 7) is 0. The molecule has 2 aromatic rings.